The van der Waals surface area contributed by atoms with Crippen LogP contribution in [0.25, 0.3) is 0 Å². The van der Waals surface area contributed by atoms with Gasteiger partial charge in [-0.25, -0.2) is 0 Å². The molecule has 0 heterocycles. The van der Waals surface area contributed by atoms with Crippen molar-refractivity contribution in [1.82, 2.24) is 0 Å². The lowest BCUT2D eigenvalue weighted by atomic mass is 10.1. The zero-order valence-corrected chi connectivity index (χ0v) is 12.4. The molecule has 0 aromatic heterocycles. The van der Waals surface area contributed by atoms with Gasteiger partial charge in [-0.2, -0.15) is 0 Å². The summed E-state index contributed by atoms with van der Waals surface area (Å²) in [6, 6.07) is 5.73. The second kappa shape index (κ2) is 8.81. The lowest BCUT2D eigenvalue weighted by molar-refractivity contribution is 0.0458. The molecule has 0 saturated carbocycles. The normalized spacial score (nSPS) is 12.4. The minimum atomic E-state index is 0.296. The Labute approximate surface area is 117 Å². The summed E-state index contributed by atoms with van der Waals surface area (Å²) in [7, 11) is 1.65. The summed E-state index contributed by atoms with van der Waals surface area (Å²) >= 11 is 0. The third-order valence-electron chi connectivity index (χ3n) is 3.22. The third-order valence-corrected chi connectivity index (χ3v) is 3.22. The van der Waals surface area contributed by atoms with E-state index in [9.17, 15) is 0 Å². The lowest BCUT2D eigenvalue weighted by Gasteiger charge is -2.14. The standard InChI is InChI=1S/C16H27NO2/c1-4-5-6-7-8-13(2)19-12-14-9-15(17)11-16(10-14)18-3/h9-11,13H,4-8,12,17H2,1-3H3. The highest BCUT2D eigenvalue weighted by Crippen LogP contribution is 2.20. The summed E-state index contributed by atoms with van der Waals surface area (Å²) in [6.07, 6.45) is 6.56. The Morgan fingerprint density at radius 1 is 1.16 bits per heavy atom. The Balaban J connectivity index is 2.33. The van der Waals surface area contributed by atoms with Gasteiger partial charge in [-0.1, -0.05) is 32.6 Å². The van der Waals surface area contributed by atoms with E-state index in [0.717, 1.165) is 17.7 Å². The number of rotatable bonds is 9. The van der Waals surface area contributed by atoms with E-state index >= 15 is 0 Å². The van der Waals surface area contributed by atoms with Crippen LogP contribution in [-0.2, 0) is 11.3 Å². The van der Waals surface area contributed by atoms with Gasteiger partial charge in [0.1, 0.15) is 5.75 Å². The summed E-state index contributed by atoms with van der Waals surface area (Å²) < 4.78 is 11.1. The summed E-state index contributed by atoms with van der Waals surface area (Å²) in [5.74, 6) is 0.786. The second-order valence-electron chi connectivity index (χ2n) is 5.09. The molecule has 108 valence electrons. The number of hydrogen-bond acceptors (Lipinski definition) is 3. The average molecular weight is 265 g/mol. The van der Waals surface area contributed by atoms with Gasteiger partial charge in [0.15, 0.2) is 0 Å². The Morgan fingerprint density at radius 2 is 1.95 bits per heavy atom. The van der Waals surface area contributed by atoms with Gasteiger partial charge >= 0.3 is 0 Å². The molecule has 0 bridgehead atoms. The molecule has 3 heteroatoms. The summed E-state index contributed by atoms with van der Waals surface area (Å²) in [5.41, 5.74) is 7.60. The number of hydrogen-bond donors (Lipinski definition) is 1. The van der Waals surface area contributed by atoms with Gasteiger partial charge in [0, 0.05) is 11.8 Å². The van der Waals surface area contributed by atoms with Crippen LogP contribution in [0.5, 0.6) is 5.75 Å². The lowest BCUT2D eigenvalue weighted by Crippen LogP contribution is -2.08. The summed E-state index contributed by atoms with van der Waals surface area (Å²) in [4.78, 5) is 0. The van der Waals surface area contributed by atoms with Crippen LogP contribution in [-0.4, -0.2) is 13.2 Å². The predicted octanol–water partition coefficient (Wildman–Crippen LogP) is 4.15. The molecular weight excluding hydrogens is 238 g/mol. The fraction of sp³-hybridized carbons (Fsp3) is 0.625. The van der Waals surface area contributed by atoms with Crippen LogP contribution in [0.4, 0.5) is 5.69 Å². The van der Waals surface area contributed by atoms with Crippen LogP contribution in [0.2, 0.25) is 0 Å². The fourth-order valence-corrected chi connectivity index (χ4v) is 2.07. The van der Waals surface area contributed by atoms with Gasteiger partial charge in [-0.05, 0) is 31.0 Å². The molecule has 0 saturated heterocycles. The first-order valence-corrected chi connectivity index (χ1v) is 7.20. The molecule has 0 radical (unpaired) electrons. The van der Waals surface area contributed by atoms with Crippen molar-refractivity contribution in [3.05, 3.63) is 23.8 Å². The first kappa shape index (κ1) is 15.8. The van der Waals surface area contributed by atoms with Crippen molar-refractivity contribution in [2.24, 2.45) is 0 Å². The molecule has 3 nitrogen and oxygen atoms in total. The SMILES string of the molecule is CCCCCCC(C)OCc1cc(N)cc(OC)c1. The molecule has 1 rings (SSSR count). The molecule has 1 aromatic rings. The monoisotopic (exact) mass is 265 g/mol. The van der Waals surface area contributed by atoms with Crippen molar-refractivity contribution in [2.45, 2.75) is 58.7 Å². The molecule has 19 heavy (non-hydrogen) atoms. The zero-order valence-electron chi connectivity index (χ0n) is 12.4. The smallest absolute Gasteiger partial charge is 0.121 e. The van der Waals surface area contributed by atoms with Gasteiger partial charge in [-0.15, -0.1) is 0 Å². The van der Waals surface area contributed by atoms with Crippen LogP contribution in [0, 0.1) is 0 Å². The molecule has 0 amide bonds. The molecule has 1 atom stereocenters. The Bertz CT molecular complexity index is 366. The van der Waals surface area contributed by atoms with E-state index in [-0.39, 0.29) is 0 Å². The minimum absolute atomic E-state index is 0.296. The highest BCUT2D eigenvalue weighted by Gasteiger charge is 2.04. The number of anilines is 1. The number of unbranched alkanes of at least 4 members (excludes halogenated alkanes) is 3. The first-order valence-electron chi connectivity index (χ1n) is 7.20. The van der Waals surface area contributed by atoms with Crippen LogP contribution in [0.3, 0.4) is 0 Å². The van der Waals surface area contributed by atoms with E-state index in [1.165, 1.54) is 25.7 Å². The van der Waals surface area contributed by atoms with Gasteiger partial charge in [0.2, 0.25) is 0 Å². The number of methoxy groups -OCH3 is 1. The topological polar surface area (TPSA) is 44.5 Å². The zero-order chi connectivity index (χ0) is 14.1. The van der Waals surface area contributed by atoms with Crippen LogP contribution in [0.15, 0.2) is 18.2 Å². The molecule has 1 aromatic carbocycles. The first-order chi connectivity index (χ1) is 9.15. The van der Waals surface area contributed by atoms with E-state index in [0.29, 0.717) is 18.4 Å². The number of nitrogen functional groups attached to an aromatic ring is 1. The molecule has 2 N–H and O–H groups in total. The fourth-order valence-electron chi connectivity index (χ4n) is 2.07. The van der Waals surface area contributed by atoms with Crippen molar-refractivity contribution < 1.29 is 9.47 Å². The highest BCUT2D eigenvalue weighted by molar-refractivity contribution is 5.47. The summed E-state index contributed by atoms with van der Waals surface area (Å²) in [6.45, 7) is 4.96. The maximum Gasteiger partial charge on any atom is 0.121 e. The van der Waals surface area contributed by atoms with Crippen LogP contribution in [0.1, 0.15) is 51.5 Å². The highest BCUT2D eigenvalue weighted by atomic mass is 16.5. The van der Waals surface area contributed by atoms with Gasteiger partial charge < -0.3 is 15.2 Å². The van der Waals surface area contributed by atoms with Crippen molar-refractivity contribution >= 4 is 5.69 Å². The van der Waals surface area contributed by atoms with Gasteiger partial charge in [-0.3, -0.25) is 0 Å². The number of nitrogens with two attached hydrogens (primary N) is 1. The molecule has 1 unspecified atom stereocenters. The summed E-state index contributed by atoms with van der Waals surface area (Å²) in [5, 5.41) is 0. The van der Waals surface area contributed by atoms with E-state index in [4.69, 9.17) is 15.2 Å². The Hall–Kier alpha value is -1.22. The van der Waals surface area contributed by atoms with E-state index in [1.807, 2.05) is 18.2 Å². The van der Waals surface area contributed by atoms with Crippen LogP contribution >= 0.6 is 0 Å². The second-order valence-corrected chi connectivity index (χ2v) is 5.09. The van der Waals surface area contributed by atoms with Crippen LogP contribution < -0.4 is 10.5 Å². The Kier molecular flexibility index (Phi) is 7.34. The van der Waals surface area contributed by atoms with Crippen molar-refractivity contribution in [1.29, 1.82) is 0 Å². The predicted molar refractivity (Wildman–Crippen MR) is 80.4 cm³/mol. The molecule has 0 aliphatic heterocycles. The number of benzene rings is 1. The molecular formula is C16H27NO2. The quantitative estimate of drug-likeness (QED) is 0.539. The Morgan fingerprint density at radius 3 is 2.63 bits per heavy atom. The van der Waals surface area contributed by atoms with Gasteiger partial charge in [0.25, 0.3) is 0 Å². The maximum absolute atomic E-state index is 5.85. The molecule has 0 fully saturated rings. The molecule has 0 spiro atoms. The van der Waals surface area contributed by atoms with Crippen molar-refractivity contribution in [3.63, 3.8) is 0 Å². The largest absolute Gasteiger partial charge is 0.497 e. The van der Waals surface area contributed by atoms with E-state index in [1.54, 1.807) is 7.11 Å². The molecule has 0 aliphatic carbocycles. The van der Waals surface area contributed by atoms with E-state index < -0.39 is 0 Å². The van der Waals surface area contributed by atoms with Crippen molar-refractivity contribution in [2.75, 3.05) is 12.8 Å². The average Bonchev–Trinajstić information content (AvgIpc) is 2.40. The van der Waals surface area contributed by atoms with Gasteiger partial charge in [0.05, 0.1) is 19.8 Å². The van der Waals surface area contributed by atoms with Crippen molar-refractivity contribution in [3.8, 4) is 5.75 Å². The maximum atomic E-state index is 5.85. The minimum Gasteiger partial charge on any atom is -0.497 e. The van der Waals surface area contributed by atoms with E-state index in [2.05, 4.69) is 13.8 Å². The third kappa shape index (κ3) is 6.48. The molecule has 0 aliphatic rings. The number of ether oxygens (including phenoxy) is 2.